The summed E-state index contributed by atoms with van der Waals surface area (Å²) in [6.45, 7) is 4.17. The maximum Gasteiger partial charge on any atom is 0.224 e. The predicted octanol–water partition coefficient (Wildman–Crippen LogP) is 3.90. The molecule has 2 rings (SSSR count). The van der Waals surface area contributed by atoms with Crippen LogP contribution in [0.5, 0.6) is 0 Å². The molecule has 0 aromatic heterocycles. The van der Waals surface area contributed by atoms with Gasteiger partial charge < -0.3 is 5.32 Å². The van der Waals surface area contributed by atoms with Gasteiger partial charge in [0.2, 0.25) is 5.91 Å². The van der Waals surface area contributed by atoms with Gasteiger partial charge in [0.05, 0.1) is 12.0 Å². The minimum Gasteiger partial charge on any atom is -0.349 e. The Morgan fingerprint density at radius 1 is 1.20 bits per heavy atom. The largest absolute Gasteiger partial charge is 0.349 e. The Bertz CT molecular complexity index is 478. The van der Waals surface area contributed by atoms with Crippen molar-refractivity contribution >= 4 is 17.5 Å². The molecule has 0 heterocycles. The molecule has 0 aliphatic heterocycles. The molecule has 1 aliphatic rings. The van der Waals surface area contributed by atoms with E-state index in [0.717, 1.165) is 31.2 Å². The standard InChI is InChI=1S/C17H24ClNO/c1-13-6-7-15(10-14(13)2)11-16(20)19-17(12-18)8-4-3-5-9-17/h6-7,10H,3-5,8-9,11-12H2,1-2H3,(H,19,20). The Hall–Kier alpha value is -1.02. The van der Waals surface area contributed by atoms with Crippen molar-refractivity contribution in [2.45, 2.75) is 57.9 Å². The third-order valence-electron chi connectivity index (χ3n) is 4.41. The molecule has 0 spiro atoms. The molecule has 20 heavy (non-hydrogen) atoms. The fourth-order valence-corrected chi connectivity index (χ4v) is 3.29. The lowest BCUT2D eigenvalue weighted by Crippen LogP contribution is -2.51. The van der Waals surface area contributed by atoms with Crippen molar-refractivity contribution in [1.82, 2.24) is 5.32 Å². The summed E-state index contributed by atoms with van der Waals surface area (Å²) in [5.41, 5.74) is 3.40. The van der Waals surface area contributed by atoms with Crippen molar-refractivity contribution in [3.8, 4) is 0 Å². The molecule has 2 nitrogen and oxygen atoms in total. The van der Waals surface area contributed by atoms with E-state index in [1.807, 2.05) is 6.07 Å². The number of aryl methyl sites for hydroxylation is 2. The van der Waals surface area contributed by atoms with Gasteiger partial charge in [0.25, 0.3) is 0 Å². The molecule has 1 aromatic rings. The molecular weight excluding hydrogens is 270 g/mol. The second-order valence-electron chi connectivity index (χ2n) is 6.12. The average Bonchev–Trinajstić information content (AvgIpc) is 2.44. The van der Waals surface area contributed by atoms with E-state index >= 15 is 0 Å². The third kappa shape index (κ3) is 3.76. The van der Waals surface area contributed by atoms with Gasteiger partial charge in [0.15, 0.2) is 0 Å². The van der Waals surface area contributed by atoms with Crippen LogP contribution in [0, 0.1) is 13.8 Å². The summed E-state index contributed by atoms with van der Waals surface area (Å²) in [4.78, 5) is 12.3. The van der Waals surface area contributed by atoms with Gasteiger partial charge in [-0.15, -0.1) is 11.6 Å². The molecule has 0 saturated heterocycles. The monoisotopic (exact) mass is 293 g/mol. The fourth-order valence-electron chi connectivity index (χ4n) is 2.96. The quantitative estimate of drug-likeness (QED) is 0.838. The average molecular weight is 294 g/mol. The second-order valence-corrected chi connectivity index (χ2v) is 6.39. The van der Waals surface area contributed by atoms with E-state index in [9.17, 15) is 4.79 Å². The van der Waals surface area contributed by atoms with E-state index in [-0.39, 0.29) is 11.4 Å². The first-order valence-corrected chi connectivity index (χ1v) is 8.01. The maximum atomic E-state index is 12.3. The second kappa shape index (κ2) is 6.62. The van der Waals surface area contributed by atoms with Gasteiger partial charge in [-0.25, -0.2) is 0 Å². The maximum absolute atomic E-state index is 12.3. The first kappa shape index (κ1) is 15.4. The topological polar surface area (TPSA) is 29.1 Å². The lowest BCUT2D eigenvalue weighted by Gasteiger charge is -2.36. The number of hydrogen-bond acceptors (Lipinski definition) is 1. The number of carbonyl (C=O) groups excluding carboxylic acids is 1. The summed E-state index contributed by atoms with van der Waals surface area (Å²) >= 11 is 6.12. The number of rotatable bonds is 4. The van der Waals surface area contributed by atoms with E-state index < -0.39 is 0 Å². The summed E-state index contributed by atoms with van der Waals surface area (Å²) < 4.78 is 0. The van der Waals surface area contributed by atoms with E-state index in [2.05, 4.69) is 31.3 Å². The van der Waals surface area contributed by atoms with Gasteiger partial charge in [-0.3, -0.25) is 4.79 Å². The molecule has 110 valence electrons. The van der Waals surface area contributed by atoms with Gasteiger partial charge in [0, 0.05) is 5.88 Å². The molecule has 0 bridgehead atoms. The number of hydrogen-bond donors (Lipinski definition) is 1. The molecule has 1 saturated carbocycles. The zero-order chi connectivity index (χ0) is 14.6. The summed E-state index contributed by atoms with van der Waals surface area (Å²) in [7, 11) is 0. The number of halogens is 1. The van der Waals surface area contributed by atoms with Crippen molar-refractivity contribution in [3.05, 3.63) is 34.9 Å². The summed E-state index contributed by atoms with van der Waals surface area (Å²) in [5.74, 6) is 0.613. The zero-order valence-corrected chi connectivity index (χ0v) is 13.2. The first-order chi connectivity index (χ1) is 9.54. The van der Waals surface area contributed by atoms with Gasteiger partial charge in [-0.05, 0) is 43.4 Å². The van der Waals surface area contributed by atoms with Crippen LogP contribution in [0.15, 0.2) is 18.2 Å². The number of benzene rings is 1. The highest BCUT2D eigenvalue weighted by Gasteiger charge is 2.32. The van der Waals surface area contributed by atoms with Crippen molar-refractivity contribution in [2.24, 2.45) is 0 Å². The normalized spacial score (nSPS) is 17.8. The molecule has 1 aliphatic carbocycles. The molecule has 1 aromatic carbocycles. The van der Waals surface area contributed by atoms with Gasteiger partial charge in [0.1, 0.15) is 0 Å². The molecular formula is C17H24ClNO. The third-order valence-corrected chi connectivity index (χ3v) is 4.92. The Balaban J connectivity index is 1.98. The molecule has 3 heteroatoms. The smallest absolute Gasteiger partial charge is 0.224 e. The minimum atomic E-state index is -0.170. The van der Waals surface area contributed by atoms with Crippen LogP contribution in [0.3, 0.4) is 0 Å². The molecule has 0 atom stereocenters. The Kier molecular flexibility index (Phi) is 5.09. The lowest BCUT2D eigenvalue weighted by atomic mass is 9.83. The van der Waals surface area contributed by atoms with Crippen LogP contribution >= 0.6 is 11.6 Å². The summed E-state index contributed by atoms with van der Waals surface area (Å²) in [6, 6.07) is 6.22. The number of nitrogens with one attached hydrogen (secondary N) is 1. The number of carbonyl (C=O) groups is 1. The molecule has 0 unspecified atom stereocenters. The van der Waals surface area contributed by atoms with Crippen molar-refractivity contribution < 1.29 is 4.79 Å². The van der Waals surface area contributed by atoms with E-state index in [0.29, 0.717) is 12.3 Å². The van der Waals surface area contributed by atoms with E-state index in [4.69, 9.17) is 11.6 Å². The highest BCUT2D eigenvalue weighted by molar-refractivity contribution is 6.18. The molecule has 0 radical (unpaired) electrons. The Morgan fingerprint density at radius 3 is 2.50 bits per heavy atom. The molecule has 1 N–H and O–H groups in total. The molecule has 1 amide bonds. The highest BCUT2D eigenvalue weighted by atomic mass is 35.5. The van der Waals surface area contributed by atoms with Crippen molar-refractivity contribution in [1.29, 1.82) is 0 Å². The first-order valence-electron chi connectivity index (χ1n) is 7.48. The fraction of sp³-hybridized carbons (Fsp3) is 0.588. The highest BCUT2D eigenvalue weighted by Crippen LogP contribution is 2.29. The van der Waals surface area contributed by atoms with Gasteiger partial charge in [-0.2, -0.15) is 0 Å². The van der Waals surface area contributed by atoms with Crippen molar-refractivity contribution in [2.75, 3.05) is 5.88 Å². The minimum absolute atomic E-state index is 0.0933. The van der Waals surface area contributed by atoms with Crippen LogP contribution < -0.4 is 5.32 Å². The van der Waals surface area contributed by atoms with Crippen molar-refractivity contribution in [3.63, 3.8) is 0 Å². The Labute approximate surface area is 126 Å². The Morgan fingerprint density at radius 2 is 1.90 bits per heavy atom. The van der Waals surface area contributed by atoms with Crippen LogP contribution in [0.4, 0.5) is 0 Å². The zero-order valence-electron chi connectivity index (χ0n) is 12.5. The van der Waals surface area contributed by atoms with Gasteiger partial charge >= 0.3 is 0 Å². The van der Waals surface area contributed by atoms with E-state index in [1.54, 1.807) is 0 Å². The van der Waals surface area contributed by atoms with Crippen LogP contribution in [0.1, 0.15) is 48.8 Å². The SMILES string of the molecule is Cc1ccc(CC(=O)NC2(CCl)CCCCC2)cc1C. The predicted molar refractivity (Wildman–Crippen MR) is 84.3 cm³/mol. The summed E-state index contributed by atoms with van der Waals surface area (Å²) in [5, 5.41) is 3.19. The molecule has 1 fully saturated rings. The van der Waals surface area contributed by atoms with E-state index in [1.165, 1.54) is 17.5 Å². The number of amides is 1. The number of alkyl halides is 1. The van der Waals surface area contributed by atoms with Crippen LogP contribution in [0.2, 0.25) is 0 Å². The van der Waals surface area contributed by atoms with Crippen LogP contribution in [-0.2, 0) is 11.2 Å². The lowest BCUT2D eigenvalue weighted by molar-refractivity contribution is -0.122. The summed E-state index contributed by atoms with van der Waals surface area (Å²) in [6.07, 6.45) is 6.04. The van der Waals surface area contributed by atoms with Crippen LogP contribution in [-0.4, -0.2) is 17.3 Å². The van der Waals surface area contributed by atoms with Crippen LogP contribution in [0.25, 0.3) is 0 Å². The van der Waals surface area contributed by atoms with Gasteiger partial charge in [-0.1, -0.05) is 37.5 Å².